The highest BCUT2D eigenvalue weighted by Crippen LogP contribution is 1.98. The number of nitrogens with zero attached hydrogens (tertiary/aromatic N) is 3. The van der Waals surface area contributed by atoms with Gasteiger partial charge in [0.2, 0.25) is 11.5 Å². The summed E-state index contributed by atoms with van der Waals surface area (Å²) in [5.41, 5.74) is 4.94. The largest absolute Gasteiger partial charge is 0.409 e. The Morgan fingerprint density at radius 2 is 2.20 bits per heavy atom. The molecule has 0 amide bonds. The van der Waals surface area contributed by atoms with Crippen molar-refractivity contribution in [3.63, 3.8) is 0 Å². The third-order valence-corrected chi connectivity index (χ3v) is 1.70. The van der Waals surface area contributed by atoms with Crippen molar-refractivity contribution in [3.05, 3.63) is 0 Å². The minimum atomic E-state index is -0.342. The van der Waals surface area contributed by atoms with Gasteiger partial charge in [0.25, 0.3) is 0 Å². The predicted molar refractivity (Wildman–Crippen MR) is 56.6 cm³/mol. The Kier molecular flexibility index (Phi) is 7.77. The van der Waals surface area contributed by atoms with Gasteiger partial charge in [-0.25, -0.2) is 0 Å². The molecule has 0 aliphatic heterocycles. The van der Waals surface area contributed by atoms with Crippen LogP contribution in [0.4, 0.5) is 0 Å². The number of hydrogen-bond donors (Lipinski definition) is 2. The minimum absolute atomic E-state index is 0.215. The molecule has 6 heteroatoms. The Morgan fingerprint density at radius 3 is 2.73 bits per heavy atom. The van der Waals surface area contributed by atoms with Gasteiger partial charge in [0.05, 0.1) is 0 Å². The van der Waals surface area contributed by atoms with Crippen LogP contribution in [0, 0.1) is 11.3 Å². The number of nitriles is 1. The van der Waals surface area contributed by atoms with Gasteiger partial charge in [-0.2, -0.15) is 5.26 Å². The van der Waals surface area contributed by atoms with Gasteiger partial charge in [-0.05, 0) is 12.8 Å². The highest BCUT2D eigenvalue weighted by Gasteiger charge is 2.04. The Labute approximate surface area is 89.0 Å². The first kappa shape index (κ1) is 13.2. The molecule has 0 spiro atoms. The van der Waals surface area contributed by atoms with Crippen LogP contribution < -0.4 is 5.73 Å². The van der Waals surface area contributed by atoms with Gasteiger partial charge in [0.15, 0.2) is 0 Å². The van der Waals surface area contributed by atoms with Crippen LogP contribution >= 0.6 is 0 Å². The van der Waals surface area contributed by atoms with Crippen molar-refractivity contribution in [1.82, 2.24) is 0 Å². The lowest BCUT2D eigenvalue weighted by Gasteiger charge is -1.99. The van der Waals surface area contributed by atoms with Gasteiger partial charge in [0.1, 0.15) is 12.7 Å². The third-order valence-electron chi connectivity index (χ3n) is 1.70. The molecule has 0 aromatic heterocycles. The van der Waals surface area contributed by atoms with Crippen molar-refractivity contribution in [2.24, 2.45) is 16.0 Å². The molecular formula is C9H16N4O2. The van der Waals surface area contributed by atoms with Crippen molar-refractivity contribution in [2.45, 2.75) is 32.6 Å². The van der Waals surface area contributed by atoms with Gasteiger partial charge >= 0.3 is 0 Å². The zero-order valence-electron chi connectivity index (χ0n) is 8.81. The van der Waals surface area contributed by atoms with Crippen LogP contribution in [0.2, 0.25) is 0 Å². The molecule has 0 fully saturated rings. The third kappa shape index (κ3) is 6.32. The molecule has 6 nitrogen and oxygen atoms in total. The van der Waals surface area contributed by atoms with E-state index in [0.717, 1.165) is 25.7 Å². The molecule has 84 valence electrons. The van der Waals surface area contributed by atoms with Crippen LogP contribution in [-0.4, -0.2) is 23.4 Å². The van der Waals surface area contributed by atoms with E-state index in [4.69, 9.17) is 21.0 Å². The second-order valence-electron chi connectivity index (χ2n) is 2.93. The zero-order valence-corrected chi connectivity index (χ0v) is 8.81. The van der Waals surface area contributed by atoms with Gasteiger partial charge in [-0.3, -0.25) is 0 Å². The molecule has 0 bridgehead atoms. The fourth-order valence-electron chi connectivity index (χ4n) is 0.875. The number of nitrogens with two attached hydrogens (primary N) is 1. The van der Waals surface area contributed by atoms with Gasteiger partial charge in [0, 0.05) is 0 Å². The highest BCUT2D eigenvalue weighted by molar-refractivity contribution is 6.46. The summed E-state index contributed by atoms with van der Waals surface area (Å²) < 4.78 is 0. The molecule has 0 rings (SSSR count). The molecule has 15 heavy (non-hydrogen) atoms. The van der Waals surface area contributed by atoms with Crippen molar-refractivity contribution < 1.29 is 10.0 Å². The number of hydrogen-bond acceptors (Lipinski definition) is 5. The lowest BCUT2D eigenvalue weighted by Crippen LogP contribution is -2.22. The molecule has 0 aromatic rings. The van der Waals surface area contributed by atoms with E-state index >= 15 is 0 Å². The molecule has 3 N–H and O–H groups in total. The molecule has 0 aromatic carbocycles. The average molecular weight is 212 g/mol. The molecule has 0 aliphatic carbocycles. The van der Waals surface area contributed by atoms with E-state index in [9.17, 15) is 0 Å². The zero-order chi connectivity index (χ0) is 11.5. The molecule has 0 saturated carbocycles. The maximum atomic E-state index is 8.54. The van der Waals surface area contributed by atoms with Crippen LogP contribution in [0.1, 0.15) is 32.6 Å². The molecule has 0 atom stereocenters. The summed E-state index contributed by atoms with van der Waals surface area (Å²) in [7, 11) is 0. The maximum absolute atomic E-state index is 8.54. The van der Waals surface area contributed by atoms with E-state index in [2.05, 4.69) is 17.2 Å². The van der Waals surface area contributed by atoms with E-state index in [1.54, 1.807) is 6.07 Å². The van der Waals surface area contributed by atoms with Crippen LogP contribution in [0.5, 0.6) is 0 Å². The van der Waals surface area contributed by atoms with Crippen LogP contribution in [0.25, 0.3) is 0 Å². The van der Waals surface area contributed by atoms with E-state index in [0.29, 0.717) is 6.61 Å². The van der Waals surface area contributed by atoms with Gasteiger partial charge in [-0.1, -0.05) is 30.1 Å². The van der Waals surface area contributed by atoms with E-state index in [1.165, 1.54) is 0 Å². The first-order chi connectivity index (χ1) is 7.26. The van der Waals surface area contributed by atoms with Gasteiger partial charge in [-0.15, -0.1) is 0 Å². The molecule has 0 aliphatic rings. The fourth-order valence-corrected chi connectivity index (χ4v) is 0.875. The number of oxime groups is 2. The predicted octanol–water partition coefficient (Wildman–Crippen LogP) is 1.21. The van der Waals surface area contributed by atoms with Gasteiger partial charge < -0.3 is 15.8 Å². The quantitative estimate of drug-likeness (QED) is 0.217. The molecule has 0 radical (unpaired) electrons. The number of rotatable bonds is 7. The Bertz CT molecular complexity index is 268. The molecular weight excluding hydrogens is 196 g/mol. The first-order valence-corrected chi connectivity index (χ1v) is 4.84. The lowest BCUT2D eigenvalue weighted by molar-refractivity contribution is 0.140. The molecule has 0 saturated heterocycles. The highest BCUT2D eigenvalue weighted by atomic mass is 16.6. The SMILES string of the molecule is CCCCCCON=C(C#N)C(N)=NO. The summed E-state index contributed by atoms with van der Waals surface area (Å²) in [6.07, 6.45) is 4.25. The van der Waals surface area contributed by atoms with Crippen molar-refractivity contribution in [2.75, 3.05) is 6.61 Å². The standard InChI is InChI=1S/C9H16N4O2/c1-2-3-4-5-6-15-13-8(7-10)9(11)12-14/h14H,2-6H2,1H3,(H2,11,12). The van der Waals surface area contributed by atoms with Crippen LogP contribution in [0.15, 0.2) is 10.3 Å². The normalized spacial score (nSPS) is 12.3. The Hall–Kier alpha value is -1.77. The minimum Gasteiger partial charge on any atom is -0.409 e. The second kappa shape index (κ2) is 8.81. The Morgan fingerprint density at radius 1 is 1.47 bits per heavy atom. The van der Waals surface area contributed by atoms with Crippen molar-refractivity contribution in [1.29, 1.82) is 5.26 Å². The van der Waals surface area contributed by atoms with Crippen molar-refractivity contribution in [3.8, 4) is 6.07 Å². The molecule has 0 unspecified atom stereocenters. The monoisotopic (exact) mass is 212 g/mol. The number of unbranched alkanes of at least 4 members (excludes halogenated alkanes) is 3. The van der Waals surface area contributed by atoms with E-state index in [-0.39, 0.29) is 11.5 Å². The number of amidine groups is 1. The second-order valence-corrected chi connectivity index (χ2v) is 2.93. The summed E-state index contributed by atoms with van der Waals surface area (Å²) in [6.45, 7) is 2.55. The topological polar surface area (TPSA) is 104 Å². The maximum Gasteiger partial charge on any atom is 0.224 e. The Balaban J connectivity index is 3.79. The summed E-state index contributed by atoms with van der Waals surface area (Å²) in [5, 5.41) is 22.9. The lowest BCUT2D eigenvalue weighted by atomic mass is 10.2. The van der Waals surface area contributed by atoms with Crippen molar-refractivity contribution >= 4 is 11.5 Å². The molecule has 0 heterocycles. The smallest absolute Gasteiger partial charge is 0.224 e. The van der Waals surface area contributed by atoms with Crippen LogP contribution in [0.3, 0.4) is 0 Å². The summed E-state index contributed by atoms with van der Waals surface area (Å²) in [5.74, 6) is -0.342. The van der Waals surface area contributed by atoms with E-state index in [1.807, 2.05) is 0 Å². The summed E-state index contributed by atoms with van der Waals surface area (Å²) in [4.78, 5) is 4.85. The van der Waals surface area contributed by atoms with Crippen LogP contribution in [-0.2, 0) is 4.84 Å². The van der Waals surface area contributed by atoms with E-state index < -0.39 is 0 Å². The first-order valence-electron chi connectivity index (χ1n) is 4.84. The average Bonchev–Trinajstić information content (AvgIpc) is 2.27. The summed E-state index contributed by atoms with van der Waals surface area (Å²) in [6, 6.07) is 1.66. The fraction of sp³-hybridized carbons (Fsp3) is 0.667. The summed E-state index contributed by atoms with van der Waals surface area (Å²) >= 11 is 0.